The van der Waals surface area contributed by atoms with Crippen molar-refractivity contribution in [2.24, 2.45) is 0 Å². The predicted molar refractivity (Wildman–Crippen MR) is 78.1 cm³/mol. The number of aromatic nitrogens is 2. The van der Waals surface area contributed by atoms with E-state index in [4.69, 9.17) is 0 Å². The molecular weight excluding hydrogens is 328 g/mol. The first kappa shape index (κ1) is 14.8. The highest BCUT2D eigenvalue weighted by molar-refractivity contribution is 9.10. The second-order valence-corrected chi connectivity index (χ2v) is 6.19. The number of nitrogens with zero attached hydrogens (tertiary/aromatic N) is 2. The van der Waals surface area contributed by atoms with Gasteiger partial charge in [0.15, 0.2) is 11.6 Å². The SMILES string of the molecule is CC(C)(C)c1nc(Br)cc(Nc2cccc(F)c2F)n1. The summed E-state index contributed by atoms with van der Waals surface area (Å²) in [6.45, 7) is 5.92. The van der Waals surface area contributed by atoms with E-state index in [1.165, 1.54) is 12.1 Å². The molecule has 0 aliphatic heterocycles. The molecular formula is C14H14BrF2N3. The maximum absolute atomic E-state index is 13.6. The Morgan fingerprint density at radius 2 is 1.85 bits per heavy atom. The van der Waals surface area contributed by atoms with Crippen LogP contribution in [-0.4, -0.2) is 9.97 Å². The van der Waals surface area contributed by atoms with Crippen molar-refractivity contribution >= 4 is 27.4 Å². The van der Waals surface area contributed by atoms with E-state index >= 15 is 0 Å². The molecule has 2 rings (SSSR count). The molecule has 6 heteroatoms. The smallest absolute Gasteiger partial charge is 0.182 e. The van der Waals surface area contributed by atoms with Crippen LogP contribution in [0.2, 0.25) is 0 Å². The van der Waals surface area contributed by atoms with E-state index in [2.05, 4.69) is 31.2 Å². The number of benzene rings is 1. The fourth-order valence-corrected chi connectivity index (χ4v) is 1.94. The molecule has 0 aliphatic carbocycles. The number of anilines is 2. The Morgan fingerprint density at radius 1 is 1.15 bits per heavy atom. The van der Waals surface area contributed by atoms with Gasteiger partial charge in [-0.3, -0.25) is 0 Å². The van der Waals surface area contributed by atoms with Crippen LogP contribution >= 0.6 is 15.9 Å². The molecule has 106 valence electrons. The second-order valence-electron chi connectivity index (χ2n) is 5.38. The van der Waals surface area contributed by atoms with E-state index in [1.807, 2.05) is 20.8 Å². The van der Waals surface area contributed by atoms with Crippen molar-refractivity contribution in [1.29, 1.82) is 0 Å². The number of rotatable bonds is 2. The summed E-state index contributed by atoms with van der Waals surface area (Å²) in [7, 11) is 0. The quantitative estimate of drug-likeness (QED) is 0.813. The molecule has 0 amide bonds. The normalized spacial score (nSPS) is 11.5. The number of halogens is 3. The molecule has 0 unspecified atom stereocenters. The molecule has 0 atom stereocenters. The standard InChI is InChI=1S/C14H14BrF2N3/c1-14(2,3)13-19-10(15)7-11(20-13)18-9-6-4-5-8(16)12(9)17/h4-7H,1-3H3,(H,18,19,20). The van der Waals surface area contributed by atoms with E-state index in [1.54, 1.807) is 6.07 Å². The number of hydrogen-bond donors (Lipinski definition) is 1. The van der Waals surface area contributed by atoms with Crippen LogP contribution in [-0.2, 0) is 5.41 Å². The van der Waals surface area contributed by atoms with Gasteiger partial charge in [0.25, 0.3) is 0 Å². The predicted octanol–water partition coefficient (Wildman–Crippen LogP) is 4.56. The molecule has 1 aromatic carbocycles. The summed E-state index contributed by atoms with van der Waals surface area (Å²) >= 11 is 3.29. The first-order valence-corrected chi connectivity index (χ1v) is 6.83. The van der Waals surface area contributed by atoms with Crippen LogP contribution in [0.25, 0.3) is 0 Å². The molecule has 0 fully saturated rings. The van der Waals surface area contributed by atoms with Gasteiger partial charge in [0.05, 0.1) is 5.69 Å². The first-order valence-electron chi connectivity index (χ1n) is 6.03. The van der Waals surface area contributed by atoms with Crippen LogP contribution in [0, 0.1) is 11.6 Å². The third-order valence-corrected chi connectivity index (χ3v) is 2.99. The molecule has 3 nitrogen and oxygen atoms in total. The summed E-state index contributed by atoms with van der Waals surface area (Å²) in [5.41, 5.74) is -0.212. The Labute approximate surface area is 124 Å². The molecule has 1 N–H and O–H groups in total. The minimum atomic E-state index is -0.931. The Kier molecular flexibility index (Phi) is 4.04. The summed E-state index contributed by atoms with van der Waals surface area (Å²) in [4.78, 5) is 8.61. The summed E-state index contributed by atoms with van der Waals surface area (Å²) in [6, 6.07) is 5.56. The lowest BCUT2D eigenvalue weighted by molar-refractivity contribution is 0.511. The zero-order valence-electron chi connectivity index (χ0n) is 11.3. The molecule has 20 heavy (non-hydrogen) atoms. The van der Waals surface area contributed by atoms with E-state index in [9.17, 15) is 8.78 Å². The highest BCUT2D eigenvalue weighted by Gasteiger charge is 2.19. The number of nitrogens with one attached hydrogen (secondary N) is 1. The Morgan fingerprint density at radius 3 is 2.50 bits per heavy atom. The van der Waals surface area contributed by atoms with Crippen LogP contribution in [0.1, 0.15) is 26.6 Å². The van der Waals surface area contributed by atoms with E-state index in [0.29, 0.717) is 16.2 Å². The average Bonchev–Trinajstić information content (AvgIpc) is 2.33. The summed E-state index contributed by atoms with van der Waals surface area (Å²) < 4.78 is 27.4. The van der Waals surface area contributed by atoms with Gasteiger partial charge in [-0.1, -0.05) is 26.8 Å². The van der Waals surface area contributed by atoms with Crippen molar-refractivity contribution in [3.63, 3.8) is 0 Å². The fraction of sp³-hybridized carbons (Fsp3) is 0.286. The van der Waals surface area contributed by atoms with Crippen LogP contribution in [0.5, 0.6) is 0 Å². The third-order valence-electron chi connectivity index (χ3n) is 2.58. The van der Waals surface area contributed by atoms with Crippen LogP contribution in [0.3, 0.4) is 0 Å². The monoisotopic (exact) mass is 341 g/mol. The van der Waals surface area contributed by atoms with Gasteiger partial charge in [0.2, 0.25) is 0 Å². The van der Waals surface area contributed by atoms with Crippen LogP contribution in [0.4, 0.5) is 20.3 Å². The first-order chi connectivity index (χ1) is 9.27. The van der Waals surface area contributed by atoms with Crippen molar-refractivity contribution in [2.45, 2.75) is 26.2 Å². The fourth-order valence-electron chi connectivity index (χ4n) is 1.56. The van der Waals surface area contributed by atoms with E-state index in [-0.39, 0.29) is 11.1 Å². The molecule has 0 saturated heterocycles. The van der Waals surface area contributed by atoms with Crippen molar-refractivity contribution in [3.05, 3.63) is 46.3 Å². The molecule has 1 aromatic heterocycles. The van der Waals surface area contributed by atoms with Gasteiger partial charge in [-0.15, -0.1) is 0 Å². The van der Waals surface area contributed by atoms with Gasteiger partial charge in [-0.2, -0.15) is 0 Å². The van der Waals surface area contributed by atoms with Gasteiger partial charge in [-0.05, 0) is 28.1 Å². The van der Waals surface area contributed by atoms with E-state index in [0.717, 1.165) is 6.07 Å². The minimum Gasteiger partial charge on any atom is -0.338 e. The topological polar surface area (TPSA) is 37.8 Å². The molecule has 0 aliphatic rings. The summed E-state index contributed by atoms with van der Waals surface area (Å²) in [6.07, 6.45) is 0. The lowest BCUT2D eigenvalue weighted by atomic mass is 9.96. The average molecular weight is 342 g/mol. The highest BCUT2D eigenvalue weighted by Crippen LogP contribution is 2.25. The Hall–Kier alpha value is -1.56. The van der Waals surface area contributed by atoms with Crippen molar-refractivity contribution in [2.75, 3.05) is 5.32 Å². The van der Waals surface area contributed by atoms with Gasteiger partial charge >= 0.3 is 0 Å². The van der Waals surface area contributed by atoms with E-state index < -0.39 is 11.6 Å². The van der Waals surface area contributed by atoms with Crippen molar-refractivity contribution in [1.82, 2.24) is 9.97 Å². The van der Waals surface area contributed by atoms with Gasteiger partial charge in [0.1, 0.15) is 16.2 Å². The molecule has 0 bridgehead atoms. The molecule has 1 heterocycles. The Bertz CT molecular complexity index is 639. The largest absolute Gasteiger partial charge is 0.338 e. The summed E-state index contributed by atoms with van der Waals surface area (Å²) in [5, 5.41) is 2.77. The van der Waals surface area contributed by atoms with Crippen molar-refractivity contribution in [3.8, 4) is 0 Å². The zero-order chi connectivity index (χ0) is 14.9. The van der Waals surface area contributed by atoms with Crippen LogP contribution in [0.15, 0.2) is 28.9 Å². The minimum absolute atomic E-state index is 0.0375. The second kappa shape index (κ2) is 5.44. The molecule has 2 aromatic rings. The maximum Gasteiger partial charge on any atom is 0.182 e. The van der Waals surface area contributed by atoms with Gasteiger partial charge in [-0.25, -0.2) is 18.7 Å². The molecule has 0 radical (unpaired) electrons. The van der Waals surface area contributed by atoms with Crippen molar-refractivity contribution < 1.29 is 8.78 Å². The lowest BCUT2D eigenvalue weighted by Crippen LogP contribution is -2.17. The zero-order valence-corrected chi connectivity index (χ0v) is 12.9. The third kappa shape index (κ3) is 3.30. The molecule has 0 saturated carbocycles. The maximum atomic E-state index is 13.6. The highest BCUT2D eigenvalue weighted by atomic mass is 79.9. The number of hydrogen-bond acceptors (Lipinski definition) is 3. The van der Waals surface area contributed by atoms with Crippen LogP contribution < -0.4 is 5.32 Å². The Balaban J connectivity index is 2.39. The lowest BCUT2D eigenvalue weighted by Gasteiger charge is -2.18. The molecule has 0 spiro atoms. The summed E-state index contributed by atoms with van der Waals surface area (Å²) in [5.74, 6) is -0.828. The van der Waals surface area contributed by atoms with Gasteiger partial charge < -0.3 is 5.32 Å². The van der Waals surface area contributed by atoms with Gasteiger partial charge in [0, 0.05) is 11.5 Å².